The number of rotatable bonds is 9. The van der Waals surface area contributed by atoms with Gasteiger partial charge in [0.15, 0.2) is 0 Å². The standard InChI is InChI=1S/C25H33N5O6/c1-4-28-20-14-29(19(11-15(2)3)23(31)26-13-18-9-6-10-36-18)24(32)21(20)22(27-25(28)33)16-7-5-8-17(12-16)30(34)35/h5,7-8,12,15,18-19,22H,4,6,9-11,13-14H2,1-3H3,(H,26,31)(H,27,33). The predicted molar refractivity (Wildman–Crippen MR) is 131 cm³/mol. The van der Waals surface area contributed by atoms with E-state index in [9.17, 15) is 24.5 Å². The van der Waals surface area contributed by atoms with Gasteiger partial charge in [-0.3, -0.25) is 24.6 Å². The number of urea groups is 1. The maximum Gasteiger partial charge on any atom is 0.322 e. The van der Waals surface area contributed by atoms with E-state index in [1.165, 1.54) is 28.0 Å². The highest BCUT2D eigenvalue weighted by atomic mass is 16.6. The van der Waals surface area contributed by atoms with Gasteiger partial charge in [-0.1, -0.05) is 26.0 Å². The number of amides is 4. The zero-order valence-corrected chi connectivity index (χ0v) is 20.9. The molecular weight excluding hydrogens is 466 g/mol. The number of ether oxygens (including phenoxy) is 1. The molecule has 11 nitrogen and oxygen atoms in total. The minimum atomic E-state index is -0.845. The van der Waals surface area contributed by atoms with Gasteiger partial charge >= 0.3 is 6.03 Å². The van der Waals surface area contributed by atoms with Gasteiger partial charge in [0.05, 0.1) is 34.9 Å². The average molecular weight is 500 g/mol. The molecule has 0 aliphatic carbocycles. The molecule has 0 spiro atoms. The molecule has 194 valence electrons. The van der Waals surface area contributed by atoms with Gasteiger partial charge in [0.1, 0.15) is 6.04 Å². The van der Waals surface area contributed by atoms with Crippen LogP contribution < -0.4 is 10.6 Å². The fourth-order valence-corrected chi connectivity index (χ4v) is 5.13. The molecule has 3 heterocycles. The van der Waals surface area contributed by atoms with Crippen molar-refractivity contribution in [2.24, 2.45) is 5.92 Å². The first-order valence-electron chi connectivity index (χ1n) is 12.5. The summed E-state index contributed by atoms with van der Waals surface area (Å²) in [4.78, 5) is 54.0. The first kappa shape index (κ1) is 25.6. The number of non-ortho nitro benzene ring substituents is 1. The van der Waals surface area contributed by atoms with Crippen molar-refractivity contribution >= 4 is 23.5 Å². The van der Waals surface area contributed by atoms with Crippen LogP contribution in [-0.4, -0.2) is 71.0 Å². The maximum absolute atomic E-state index is 13.8. The molecule has 0 bridgehead atoms. The summed E-state index contributed by atoms with van der Waals surface area (Å²) in [6.07, 6.45) is 2.28. The molecule has 3 aliphatic rings. The summed E-state index contributed by atoms with van der Waals surface area (Å²) in [5.41, 5.74) is 1.19. The van der Waals surface area contributed by atoms with Crippen LogP contribution in [0.15, 0.2) is 35.5 Å². The van der Waals surface area contributed by atoms with Crippen LogP contribution in [0.1, 0.15) is 51.6 Å². The van der Waals surface area contributed by atoms with Crippen molar-refractivity contribution in [3.8, 4) is 0 Å². The predicted octanol–water partition coefficient (Wildman–Crippen LogP) is 2.49. The summed E-state index contributed by atoms with van der Waals surface area (Å²) in [5.74, 6) is -0.456. The molecule has 0 radical (unpaired) electrons. The molecule has 3 aliphatic heterocycles. The number of hydrogen-bond donors (Lipinski definition) is 2. The quantitative estimate of drug-likeness (QED) is 0.396. The van der Waals surface area contributed by atoms with Gasteiger partial charge in [-0.15, -0.1) is 0 Å². The van der Waals surface area contributed by atoms with Crippen LogP contribution in [0.3, 0.4) is 0 Å². The summed E-state index contributed by atoms with van der Waals surface area (Å²) in [7, 11) is 0. The fourth-order valence-electron chi connectivity index (χ4n) is 5.13. The molecule has 11 heteroatoms. The lowest BCUT2D eigenvalue weighted by Crippen LogP contribution is -2.50. The Labute approximate surface area is 210 Å². The molecule has 1 saturated heterocycles. The Balaban J connectivity index is 1.64. The molecule has 4 rings (SSSR count). The van der Waals surface area contributed by atoms with Crippen LogP contribution in [0, 0.1) is 16.0 Å². The number of carbonyl (C=O) groups is 3. The number of benzene rings is 1. The Bertz CT molecular complexity index is 1080. The number of nitrogens with zero attached hydrogens (tertiary/aromatic N) is 3. The van der Waals surface area contributed by atoms with E-state index in [1.54, 1.807) is 6.07 Å². The number of carbonyl (C=O) groups excluding carboxylic acids is 3. The molecule has 3 atom stereocenters. The lowest BCUT2D eigenvalue weighted by atomic mass is 9.95. The van der Waals surface area contributed by atoms with Crippen LogP contribution in [0.4, 0.5) is 10.5 Å². The summed E-state index contributed by atoms with van der Waals surface area (Å²) >= 11 is 0. The average Bonchev–Trinajstić information content (AvgIpc) is 3.48. The second kappa shape index (κ2) is 10.7. The summed E-state index contributed by atoms with van der Waals surface area (Å²) in [6, 6.07) is 3.97. The van der Waals surface area contributed by atoms with E-state index in [4.69, 9.17) is 4.74 Å². The van der Waals surface area contributed by atoms with E-state index in [0.717, 1.165) is 12.8 Å². The van der Waals surface area contributed by atoms with Gasteiger partial charge in [0.2, 0.25) is 5.91 Å². The van der Waals surface area contributed by atoms with Crippen molar-refractivity contribution < 1.29 is 24.0 Å². The Hall–Kier alpha value is -3.47. The monoisotopic (exact) mass is 499 g/mol. The van der Waals surface area contributed by atoms with Crippen molar-refractivity contribution in [2.45, 2.75) is 58.2 Å². The highest BCUT2D eigenvalue weighted by Crippen LogP contribution is 2.38. The Kier molecular flexibility index (Phi) is 7.58. The number of likely N-dealkylation sites (N-methyl/N-ethyl adjacent to an activating group) is 1. The highest BCUT2D eigenvalue weighted by molar-refractivity contribution is 6.03. The van der Waals surface area contributed by atoms with Gasteiger partial charge in [0.25, 0.3) is 11.6 Å². The highest BCUT2D eigenvalue weighted by Gasteiger charge is 2.47. The molecule has 1 fully saturated rings. The lowest BCUT2D eigenvalue weighted by Gasteiger charge is -2.32. The molecule has 0 saturated carbocycles. The Morgan fingerprint density at radius 2 is 2.11 bits per heavy atom. The molecule has 2 N–H and O–H groups in total. The van der Waals surface area contributed by atoms with Crippen molar-refractivity contribution in [3.63, 3.8) is 0 Å². The minimum absolute atomic E-state index is 0.0232. The number of nitrogens with one attached hydrogen (secondary N) is 2. The Morgan fingerprint density at radius 3 is 2.75 bits per heavy atom. The normalized spacial score (nSPS) is 22.7. The first-order valence-corrected chi connectivity index (χ1v) is 12.5. The third-order valence-corrected chi connectivity index (χ3v) is 6.88. The molecule has 4 amide bonds. The summed E-state index contributed by atoms with van der Waals surface area (Å²) in [5, 5.41) is 17.1. The topological polar surface area (TPSA) is 134 Å². The van der Waals surface area contributed by atoms with Crippen molar-refractivity contribution in [1.82, 2.24) is 20.4 Å². The van der Waals surface area contributed by atoms with Crippen LogP contribution >= 0.6 is 0 Å². The van der Waals surface area contributed by atoms with E-state index in [1.807, 2.05) is 20.8 Å². The van der Waals surface area contributed by atoms with Gasteiger partial charge in [-0.25, -0.2) is 4.79 Å². The molecule has 36 heavy (non-hydrogen) atoms. The van der Waals surface area contributed by atoms with Gasteiger partial charge in [0, 0.05) is 31.8 Å². The molecule has 1 aromatic rings. The van der Waals surface area contributed by atoms with Gasteiger partial charge in [-0.2, -0.15) is 0 Å². The minimum Gasteiger partial charge on any atom is -0.376 e. The summed E-state index contributed by atoms with van der Waals surface area (Å²) in [6.45, 7) is 7.32. The van der Waals surface area contributed by atoms with Gasteiger partial charge < -0.3 is 20.3 Å². The van der Waals surface area contributed by atoms with E-state index in [0.29, 0.717) is 43.0 Å². The van der Waals surface area contributed by atoms with Crippen LogP contribution in [0.2, 0.25) is 0 Å². The fraction of sp³-hybridized carbons (Fsp3) is 0.560. The van der Waals surface area contributed by atoms with Crippen LogP contribution in [-0.2, 0) is 14.3 Å². The largest absolute Gasteiger partial charge is 0.376 e. The van der Waals surface area contributed by atoms with Crippen molar-refractivity contribution in [2.75, 3.05) is 26.2 Å². The van der Waals surface area contributed by atoms with Crippen molar-refractivity contribution in [1.29, 1.82) is 0 Å². The molecule has 0 aromatic heterocycles. The third kappa shape index (κ3) is 5.06. The SMILES string of the molecule is CCN1C(=O)NC(c2cccc([N+](=O)[O-])c2)C2=C1CN(C(CC(C)C)C(=O)NCC1CCCO1)C2=O. The third-order valence-electron chi connectivity index (χ3n) is 6.88. The molecular formula is C25H33N5O6. The number of hydrogen-bond acceptors (Lipinski definition) is 6. The lowest BCUT2D eigenvalue weighted by molar-refractivity contribution is -0.384. The second-order valence-corrected chi connectivity index (χ2v) is 9.80. The van der Waals surface area contributed by atoms with E-state index in [-0.39, 0.29) is 42.1 Å². The second-order valence-electron chi connectivity index (χ2n) is 9.80. The smallest absolute Gasteiger partial charge is 0.322 e. The number of nitro benzene ring substituents is 1. The molecule has 1 aromatic carbocycles. The first-order chi connectivity index (χ1) is 17.2. The molecule has 3 unspecified atom stereocenters. The van der Waals surface area contributed by atoms with Crippen LogP contribution in [0.5, 0.6) is 0 Å². The zero-order chi connectivity index (χ0) is 26.0. The van der Waals surface area contributed by atoms with E-state index in [2.05, 4.69) is 10.6 Å². The van der Waals surface area contributed by atoms with Crippen LogP contribution in [0.25, 0.3) is 0 Å². The van der Waals surface area contributed by atoms with E-state index >= 15 is 0 Å². The van der Waals surface area contributed by atoms with Crippen molar-refractivity contribution in [3.05, 3.63) is 51.2 Å². The number of nitro groups is 1. The van der Waals surface area contributed by atoms with Gasteiger partial charge in [-0.05, 0) is 37.7 Å². The summed E-state index contributed by atoms with van der Waals surface area (Å²) < 4.78 is 5.61. The Morgan fingerprint density at radius 1 is 1.33 bits per heavy atom. The van der Waals surface area contributed by atoms with E-state index < -0.39 is 17.0 Å². The maximum atomic E-state index is 13.8. The zero-order valence-electron chi connectivity index (χ0n) is 20.9.